The first-order valence-electron chi connectivity index (χ1n) is 8.06. The average molecular weight is 328 g/mol. The second-order valence-corrected chi connectivity index (χ2v) is 6.20. The zero-order chi connectivity index (χ0) is 17.1. The first-order valence-corrected chi connectivity index (χ1v) is 8.06. The first-order chi connectivity index (χ1) is 11.5. The molecule has 2 aromatic rings. The normalized spacial score (nSPS) is 20.5. The highest BCUT2D eigenvalue weighted by molar-refractivity contribution is 5.92. The molecule has 0 unspecified atom stereocenters. The Hall–Kier alpha value is -2.70. The molecule has 0 bridgehead atoms. The maximum absolute atomic E-state index is 12.3. The van der Waals surface area contributed by atoms with Gasteiger partial charge < -0.3 is 10.4 Å². The van der Waals surface area contributed by atoms with Crippen LogP contribution in [0.1, 0.15) is 31.5 Å². The number of carboxylic acids is 1. The van der Waals surface area contributed by atoms with Crippen molar-refractivity contribution < 1.29 is 14.7 Å². The molecule has 1 aliphatic rings. The lowest BCUT2D eigenvalue weighted by atomic mass is 9.81. The van der Waals surface area contributed by atoms with Gasteiger partial charge in [0.2, 0.25) is 5.91 Å². The van der Waals surface area contributed by atoms with Crippen LogP contribution in [0, 0.1) is 18.8 Å². The molecule has 3 N–H and O–H groups in total. The Morgan fingerprint density at radius 3 is 2.29 bits per heavy atom. The summed E-state index contributed by atoms with van der Waals surface area (Å²) in [5, 5.41) is 18.8. The number of hydrogen-bond acceptors (Lipinski definition) is 4. The molecular weight excluding hydrogens is 308 g/mol. The number of carbonyl (C=O) groups excluding carboxylic acids is 1. The Bertz CT molecular complexity index is 731. The van der Waals surface area contributed by atoms with Crippen LogP contribution in [0.25, 0.3) is 11.4 Å². The van der Waals surface area contributed by atoms with Crippen LogP contribution in [0.15, 0.2) is 24.3 Å². The van der Waals surface area contributed by atoms with Gasteiger partial charge in [-0.3, -0.25) is 14.7 Å². The van der Waals surface area contributed by atoms with E-state index in [0.717, 1.165) is 17.1 Å². The van der Waals surface area contributed by atoms with E-state index in [1.807, 2.05) is 31.2 Å². The minimum atomic E-state index is -0.758. The fourth-order valence-electron chi connectivity index (χ4n) is 3.02. The largest absolute Gasteiger partial charge is 0.481 e. The molecule has 7 nitrogen and oxygen atoms in total. The summed E-state index contributed by atoms with van der Waals surface area (Å²) in [4.78, 5) is 27.5. The van der Waals surface area contributed by atoms with Crippen LogP contribution < -0.4 is 5.32 Å². The third kappa shape index (κ3) is 3.61. The molecule has 1 saturated carbocycles. The minimum Gasteiger partial charge on any atom is -0.481 e. The summed E-state index contributed by atoms with van der Waals surface area (Å²) in [5.74, 6) is 0.151. The Kier molecular flexibility index (Phi) is 4.59. The fourth-order valence-corrected chi connectivity index (χ4v) is 3.02. The summed E-state index contributed by atoms with van der Waals surface area (Å²) < 4.78 is 0. The van der Waals surface area contributed by atoms with Crippen molar-refractivity contribution in [2.24, 2.45) is 11.8 Å². The molecule has 1 aromatic carbocycles. The Balaban J connectivity index is 1.58. The van der Waals surface area contributed by atoms with Crippen LogP contribution in [0.3, 0.4) is 0 Å². The van der Waals surface area contributed by atoms with Gasteiger partial charge in [-0.05, 0) is 56.9 Å². The summed E-state index contributed by atoms with van der Waals surface area (Å²) >= 11 is 0. The molecule has 1 fully saturated rings. The van der Waals surface area contributed by atoms with E-state index in [4.69, 9.17) is 5.11 Å². The van der Waals surface area contributed by atoms with Gasteiger partial charge in [-0.15, -0.1) is 0 Å². The van der Waals surface area contributed by atoms with E-state index in [1.165, 1.54) is 0 Å². The quantitative estimate of drug-likeness (QED) is 0.799. The summed E-state index contributed by atoms with van der Waals surface area (Å²) in [7, 11) is 0. The molecule has 7 heteroatoms. The van der Waals surface area contributed by atoms with Gasteiger partial charge in [0, 0.05) is 17.2 Å². The maximum atomic E-state index is 12.3. The summed E-state index contributed by atoms with van der Waals surface area (Å²) in [6, 6.07) is 7.36. The third-order valence-electron chi connectivity index (χ3n) is 4.46. The standard InChI is InChI=1S/C17H20N4O3/c1-10-18-15(21-20-10)11-6-8-14(9-7-11)19-16(22)12-2-4-13(5-3-12)17(23)24/h6-9,12-13H,2-5H2,1H3,(H,19,22)(H,23,24)(H,18,20,21). The van der Waals surface area contributed by atoms with E-state index in [0.29, 0.717) is 31.5 Å². The molecule has 0 atom stereocenters. The monoisotopic (exact) mass is 328 g/mol. The van der Waals surface area contributed by atoms with Crippen molar-refractivity contribution >= 4 is 17.6 Å². The molecule has 126 valence electrons. The molecule has 0 spiro atoms. The molecule has 1 amide bonds. The van der Waals surface area contributed by atoms with Crippen LogP contribution in [-0.4, -0.2) is 32.2 Å². The van der Waals surface area contributed by atoms with Crippen LogP contribution >= 0.6 is 0 Å². The molecular formula is C17H20N4O3. The van der Waals surface area contributed by atoms with Gasteiger partial charge in [0.1, 0.15) is 5.82 Å². The average Bonchev–Trinajstić information content (AvgIpc) is 3.02. The second-order valence-electron chi connectivity index (χ2n) is 6.20. The predicted octanol–water partition coefficient (Wildman–Crippen LogP) is 2.61. The summed E-state index contributed by atoms with van der Waals surface area (Å²) in [5.41, 5.74) is 1.59. The maximum Gasteiger partial charge on any atom is 0.306 e. The zero-order valence-electron chi connectivity index (χ0n) is 13.5. The third-order valence-corrected chi connectivity index (χ3v) is 4.46. The number of H-pyrrole nitrogens is 1. The number of nitrogens with one attached hydrogen (secondary N) is 2. The van der Waals surface area contributed by atoms with Crippen LogP contribution in [-0.2, 0) is 9.59 Å². The van der Waals surface area contributed by atoms with Crippen LogP contribution in [0.5, 0.6) is 0 Å². The van der Waals surface area contributed by atoms with Gasteiger partial charge >= 0.3 is 5.97 Å². The minimum absolute atomic E-state index is 0.0414. The van der Waals surface area contributed by atoms with E-state index < -0.39 is 5.97 Å². The van der Waals surface area contributed by atoms with Gasteiger partial charge in [0.25, 0.3) is 0 Å². The molecule has 0 aliphatic heterocycles. The summed E-state index contributed by atoms with van der Waals surface area (Å²) in [6.07, 6.45) is 2.38. The number of nitrogens with zero attached hydrogens (tertiary/aromatic N) is 2. The highest BCUT2D eigenvalue weighted by Crippen LogP contribution is 2.30. The number of aryl methyl sites for hydroxylation is 1. The topological polar surface area (TPSA) is 108 Å². The molecule has 24 heavy (non-hydrogen) atoms. The van der Waals surface area contributed by atoms with Crippen molar-refractivity contribution in [3.63, 3.8) is 0 Å². The molecule has 1 heterocycles. The second kappa shape index (κ2) is 6.82. The molecule has 0 radical (unpaired) electrons. The highest BCUT2D eigenvalue weighted by atomic mass is 16.4. The van der Waals surface area contributed by atoms with E-state index in [-0.39, 0.29) is 17.7 Å². The predicted molar refractivity (Wildman–Crippen MR) is 88.3 cm³/mol. The SMILES string of the molecule is Cc1nc(-c2ccc(NC(=O)C3CCC(C(=O)O)CC3)cc2)n[nH]1. The van der Waals surface area contributed by atoms with Gasteiger partial charge in [-0.25, -0.2) is 4.98 Å². The van der Waals surface area contributed by atoms with Crippen molar-refractivity contribution in [2.45, 2.75) is 32.6 Å². The number of rotatable bonds is 4. The van der Waals surface area contributed by atoms with Crippen molar-refractivity contribution in [3.05, 3.63) is 30.1 Å². The van der Waals surface area contributed by atoms with Crippen LogP contribution in [0.4, 0.5) is 5.69 Å². The first kappa shape index (κ1) is 16.2. The van der Waals surface area contributed by atoms with E-state index in [2.05, 4.69) is 20.5 Å². The highest BCUT2D eigenvalue weighted by Gasteiger charge is 2.29. The fraction of sp³-hybridized carbons (Fsp3) is 0.412. The zero-order valence-corrected chi connectivity index (χ0v) is 13.5. The molecule has 3 rings (SSSR count). The number of aromatic nitrogens is 3. The number of anilines is 1. The van der Waals surface area contributed by atoms with Gasteiger partial charge in [-0.1, -0.05) is 0 Å². The van der Waals surface area contributed by atoms with Crippen molar-refractivity contribution in [2.75, 3.05) is 5.32 Å². The number of carboxylic acid groups (broad SMARTS) is 1. The van der Waals surface area contributed by atoms with Gasteiger partial charge in [-0.2, -0.15) is 5.10 Å². The van der Waals surface area contributed by atoms with Crippen molar-refractivity contribution in [3.8, 4) is 11.4 Å². The van der Waals surface area contributed by atoms with Crippen molar-refractivity contribution in [1.29, 1.82) is 0 Å². The Morgan fingerprint density at radius 1 is 1.12 bits per heavy atom. The lowest BCUT2D eigenvalue weighted by Crippen LogP contribution is -2.29. The van der Waals surface area contributed by atoms with E-state index >= 15 is 0 Å². The molecule has 0 saturated heterocycles. The number of carbonyl (C=O) groups is 2. The smallest absolute Gasteiger partial charge is 0.306 e. The molecule has 1 aliphatic carbocycles. The van der Waals surface area contributed by atoms with E-state index in [1.54, 1.807) is 0 Å². The number of benzene rings is 1. The van der Waals surface area contributed by atoms with Gasteiger partial charge in [0.05, 0.1) is 5.92 Å². The lowest BCUT2D eigenvalue weighted by molar-refractivity contribution is -0.143. The van der Waals surface area contributed by atoms with Crippen molar-refractivity contribution in [1.82, 2.24) is 15.2 Å². The molecule has 1 aromatic heterocycles. The number of amides is 1. The lowest BCUT2D eigenvalue weighted by Gasteiger charge is -2.25. The van der Waals surface area contributed by atoms with Crippen LogP contribution in [0.2, 0.25) is 0 Å². The number of aromatic amines is 1. The Labute approximate surface area is 139 Å². The van der Waals surface area contributed by atoms with E-state index in [9.17, 15) is 9.59 Å². The number of hydrogen-bond donors (Lipinski definition) is 3. The Morgan fingerprint density at radius 2 is 1.75 bits per heavy atom. The summed E-state index contributed by atoms with van der Waals surface area (Å²) in [6.45, 7) is 1.84. The number of aliphatic carboxylic acids is 1. The van der Waals surface area contributed by atoms with Gasteiger partial charge in [0.15, 0.2) is 5.82 Å².